The first-order valence-electron chi connectivity index (χ1n) is 10.5. The molecular weight excluding hydrogens is 410 g/mol. The summed E-state index contributed by atoms with van der Waals surface area (Å²) in [6, 6.07) is 3.05. The summed E-state index contributed by atoms with van der Waals surface area (Å²) in [5.41, 5.74) is 5.35. The fourth-order valence-corrected chi connectivity index (χ4v) is 4.19. The number of nitrogens with two attached hydrogens (primary N) is 1. The molecule has 10 heteroatoms. The largest absolute Gasteiger partial charge is 0.370 e. The number of anilines is 2. The normalized spacial score (nSPS) is 20.6. The Morgan fingerprint density at radius 3 is 2.45 bits per heavy atom. The summed E-state index contributed by atoms with van der Waals surface area (Å²) in [6.07, 6.45) is 1.69. The Labute approximate surface area is 178 Å². The highest BCUT2D eigenvalue weighted by Crippen LogP contribution is 2.38. The van der Waals surface area contributed by atoms with Gasteiger partial charge in [0.25, 0.3) is 18.2 Å². The summed E-state index contributed by atoms with van der Waals surface area (Å²) in [4.78, 5) is 40.5. The van der Waals surface area contributed by atoms with Crippen molar-refractivity contribution in [2.45, 2.75) is 56.7 Å². The molecule has 3 amide bonds. The molecular formula is C21H26F2N4O4. The van der Waals surface area contributed by atoms with E-state index in [1.807, 2.05) is 4.90 Å². The van der Waals surface area contributed by atoms with Crippen LogP contribution >= 0.6 is 0 Å². The van der Waals surface area contributed by atoms with Crippen molar-refractivity contribution in [3.63, 3.8) is 0 Å². The maximum absolute atomic E-state index is 13.8. The van der Waals surface area contributed by atoms with Crippen molar-refractivity contribution < 1.29 is 27.9 Å². The number of carbonyl (C=O) groups is 3. The molecule has 4 rings (SSSR count). The van der Waals surface area contributed by atoms with E-state index in [1.54, 1.807) is 0 Å². The number of benzene rings is 1. The number of nitrogens with zero attached hydrogens (tertiary/aromatic N) is 2. The van der Waals surface area contributed by atoms with Gasteiger partial charge in [0.2, 0.25) is 5.91 Å². The van der Waals surface area contributed by atoms with Crippen LogP contribution in [0, 0.1) is 0 Å². The van der Waals surface area contributed by atoms with Crippen LogP contribution < -0.4 is 16.0 Å². The van der Waals surface area contributed by atoms with E-state index in [1.165, 1.54) is 23.1 Å². The molecule has 1 aromatic rings. The van der Waals surface area contributed by atoms with Crippen LogP contribution in [0.25, 0.3) is 0 Å². The van der Waals surface area contributed by atoms with Gasteiger partial charge in [-0.05, 0) is 43.9 Å². The van der Waals surface area contributed by atoms with E-state index in [2.05, 4.69) is 5.32 Å². The molecule has 3 fully saturated rings. The van der Waals surface area contributed by atoms with Crippen LogP contribution in [-0.4, -0.2) is 60.5 Å². The summed E-state index contributed by atoms with van der Waals surface area (Å²) >= 11 is 0. The molecule has 1 saturated heterocycles. The zero-order valence-electron chi connectivity index (χ0n) is 17.1. The highest BCUT2D eigenvalue weighted by atomic mass is 19.3. The van der Waals surface area contributed by atoms with Crippen molar-refractivity contribution in [2.75, 3.05) is 30.0 Å². The molecule has 1 heterocycles. The van der Waals surface area contributed by atoms with E-state index in [4.69, 9.17) is 10.5 Å². The second-order valence-corrected chi connectivity index (χ2v) is 8.23. The van der Waals surface area contributed by atoms with Crippen LogP contribution in [0.1, 0.15) is 44.1 Å². The highest BCUT2D eigenvalue weighted by molar-refractivity contribution is 6.10. The van der Waals surface area contributed by atoms with Gasteiger partial charge in [-0.2, -0.15) is 0 Å². The standard InChI is InChI=1S/C21H26F2N4O4/c22-19(23)15-10-14(26-8-9-31-11-17(26)28)6-7-16(15)25-21(30)18(20(24)29)27(13-4-5-13)12-2-1-3-12/h6-7,10,12-13,18-19H,1-5,8-9,11H2,(H2,24,29)(H,25,30)/t18-/m0/s1. The van der Waals surface area contributed by atoms with Gasteiger partial charge in [0.05, 0.1) is 6.61 Å². The minimum absolute atomic E-state index is 0.0972. The van der Waals surface area contributed by atoms with Crippen LogP contribution in [0.15, 0.2) is 18.2 Å². The third-order valence-electron chi connectivity index (χ3n) is 6.11. The first-order chi connectivity index (χ1) is 14.9. The van der Waals surface area contributed by atoms with Gasteiger partial charge in [0.1, 0.15) is 6.61 Å². The minimum Gasteiger partial charge on any atom is -0.370 e. The van der Waals surface area contributed by atoms with Crippen molar-refractivity contribution in [2.24, 2.45) is 5.73 Å². The first-order valence-corrected chi connectivity index (χ1v) is 10.5. The number of alkyl halides is 2. The predicted octanol–water partition coefficient (Wildman–Crippen LogP) is 1.80. The van der Waals surface area contributed by atoms with E-state index < -0.39 is 29.8 Å². The maximum Gasteiger partial charge on any atom is 0.265 e. The van der Waals surface area contributed by atoms with Gasteiger partial charge in [0.15, 0.2) is 6.04 Å². The van der Waals surface area contributed by atoms with Gasteiger partial charge in [-0.3, -0.25) is 19.3 Å². The van der Waals surface area contributed by atoms with Crippen LogP contribution in [0.2, 0.25) is 0 Å². The lowest BCUT2D eigenvalue weighted by Gasteiger charge is -2.41. The second kappa shape index (κ2) is 8.88. The van der Waals surface area contributed by atoms with E-state index >= 15 is 0 Å². The van der Waals surface area contributed by atoms with Gasteiger partial charge in [0, 0.05) is 35.6 Å². The second-order valence-electron chi connectivity index (χ2n) is 8.23. The van der Waals surface area contributed by atoms with E-state index in [9.17, 15) is 23.2 Å². The molecule has 3 N–H and O–H groups in total. The third kappa shape index (κ3) is 4.54. The quantitative estimate of drug-likeness (QED) is 0.605. The fourth-order valence-electron chi connectivity index (χ4n) is 4.19. The van der Waals surface area contributed by atoms with Gasteiger partial charge in [-0.15, -0.1) is 0 Å². The topological polar surface area (TPSA) is 105 Å². The minimum atomic E-state index is -2.88. The van der Waals surface area contributed by atoms with E-state index in [0.717, 1.165) is 32.1 Å². The number of ether oxygens (including phenoxy) is 1. The maximum atomic E-state index is 13.8. The molecule has 0 aromatic heterocycles. The Kier molecular flexibility index (Phi) is 6.19. The fraction of sp³-hybridized carbons (Fsp3) is 0.571. The average molecular weight is 436 g/mol. The number of nitrogens with one attached hydrogen (secondary N) is 1. The van der Waals surface area contributed by atoms with E-state index in [0.29, 0.717) is 12.3 Å². The van der Waals surface area contributed by atoms with Gasteiger partial charge < -0.3 is 20.7 Å². The Morgan fingerprint density at radius 1 is 1.19 bits per heavy atom. The Bertz CT molecular complexity index is 873. The molecule has 0 unspecified atom stereocenters. The molecule has 168 valence electrons. The van der Waals surface area contributed by atoms with Crippen LogP contribution in [-0.2, 0) is 19.1 Å². The number of hydrogen-bond acceptors (Lipinski definition) is 5. The lowest BCUT2D eigenvalue weighted by Crippen LogP contribution is -2.58. The molecule has 8 nitrogen and oxygen atoms in total. The van der Waals surface area contributed by atoms with E-state index in [-0.39, 0.29) is 36.8 Å². The van der Waals surface area contributed by atoms with Crippen molar-refractivity contribution in [1.82, 2.24) is 4.90 Å². The summed E-state index contributed by atoms with van der Waals surface area (Å²) in [6.45, 7) is 0.461. The average Bonchev–Trinajstić information content (AvgIpc) is 3.51. The van der Waals surface area contributed by atoms with Gasteiger partial charge in [-0.25, -0.2) is 8.78 Å². The highest BCUT2D eigenvalue weighted by Gasteiger charge is 2.45. The number of primary amides is 1. The smallest absolute Gasteiger partial charge is 0.265 e. The molecule has 1 aliphatic heterocycles. The molecule has 1 aromatic carbocycles. The van der Waals surface area contributed by atoms with Crippen LogP contribution in [0.5, 0.6) is 0 Å². The number of amides is 3. The van der Waals surface area contributed by atoms with Crippen molar-refractivity contribution in [1.29, 1.82) is 0 Å². The number of carbonyl (C=O) groups excluding carboxylic acids is 3. The lowest BCUT2D eigenvalue weighted by atomic mass is 9.89. The Balaban J connectivity index is 1.57. The van der Waals surface area contributed by atoms with Crippen LogP contribution in [0.4, 0.5) is 20.2 Å². The summed E-state index contributed by atoms with van der Waals surface area (Å²) in [5.74, 6) is -1.81. The molecule has 2 saturated carbocycles. The lowest BCUT2D eigenvalue weighted by molar-refractivity contribution is -0.135. The summed E-state index contributed by atoms with van der Waals surface area (Å²) in [5, 5.41) is 2.49. The number of morpholine rings is 1. The van der Waals surface area contributed by atoms with Crippen molar-refractivity contribution in [3.05, 3.63) is 23.8 Å². The number of hydrogen-bond donors (Lipinski definition) is 2. The molecule has 3 aliphatic rings. The van der Waals surface area contributed by atoms with Crippen LogP contribution in [0.3, 0.4) is 0 Å². The SMILES string of the molecule is NC(=O)[C@@H](C(=O)Nc1ccc(N2CCOCC2=O)cc1C(F)F)N(C1CCC1)C1CC1. The number of rotatable bonds is 8. The van der Waals surface area contributed by atoms with Gasteiger partial charge >= 0.3 is 0 Å². The summed E-state index contributed by atoms with van der Waals surface area (Å²) in [7, 11) is 0. The van der Waals surface area contributed by atoms with Gasteiger partial charge in [-0.1, -0.05) is 6.42 Å². The molecule has 0 radical (unpaired) electrons. The monoisotopic (exact) mass is 436 g/mol. The Morgan fingerprint density at radius 2 is 1.90 bits per heavy atom. The van der Waals surface area contributed by atoms with Crippen molar-refractivity contribution >= 4 is 29.1 Å². The third-order valence-corrected chi connectivity index (χ3v) is 6.11. The molecule has 2 aliphatic carbocycles. The molecule has 0 bridgehead atoms. The molecule has 0 spiro atoms. The summed E-state index contributed by atoms with van der Waals surface area (Å²) < 4.78 is 32.6. The zero-order chi connectivity index (χ0) is 22.1. The molecule has 1 atom stereocenters. The Hall–Kier alpha value is -2.59. The number of halogens is 2. The first kappa shape index (κ1) is 21.6. The molecule has 31 heavy (non-hydrogen) atoms. The van der Waals surface area contributed by atoms with Crippen molar-refractivity contribution in [3.8, 4) is 0 Å². The predicted molar refractivity (Wildman–Crippen MR) is 109 cm³/mol. The zero-order valence-corrected chi connectivity index (χ0v) is 17.1.